The molecule has 198 valence electrons. The number of aryl methyl sites for hydroxylation is 2. The molecular formula is C31H32N6O2. The molecule has 0 radical (unpaired) electrons. The summed E-state index contributed by atoms with van der Waals surface area (Å²) in [5.74, 6) is 2.10. The van der Waals surface area contributed by atoms with Gasteiger partial charge in [0.1, 0.15) is 12.4 Å². The van der Waals surface area contributed by atoms with Crippen molar-refractivity contribution in [3.8, 4) is 28.4 Å². The summed E-state index contributed by atoms with van der Waals surface area (Å²) in [6, 6.07) is 24.8. The first-order valence-electron chi connectivity index (χ1n) is 13.1. The average molecular weight is 521 g/mol. The highest BCUT2D eigenvalue weighted by Gasteiger charge is 2.15. The second-order valence-corrected chi connectivity index (χ2v) is 9.47. The van der Waals surface area contributed by atoms with E-state index in [2.05, 4.69) is 82.1 Å². The van der Waals surface area contributed by atoms with Gasteiger partial charge in [0, 0.05) is 36.8 Å². The van der Waals surface area contributed by atoms with E-state index in [-0.39, 0.29) is 0 Å². The van der Waals surface area contributed by atoms with E-state index in [9.17, 15) is 0 Å². The van der Waals surface area contributed by atoms with Gasteiger partial charge in [-0.1, -0.05) is 79.7 Å². The maximum Gasteiger partial charge on any atom is 0.220 e. The van der Waals surface area contributed by atoms with Crippen molar-refractivity contribution in [2.45, 2.75) is 46.3 Å². The zero-order valence-electron chi connectivity index (χ0n) is 22.5. The first-order valence-corrected chi connectivity index (χ1v) is 13.1. The molecule has 0 aliphatic rings. The molecule has 0 saturated carbocycles. The van der Waals surface area contributed by atoms with E-state index in [1.54, 1.807) is 7.11 Å². The zero-order valence-corrected chi connectivity index (χ0v) is 22.5. The number of aromatic nitrogens is 6. The molecule has 0 unspecified atom stereocenters. The molecular weight excluding hydrogens is 488 g/mol. The Labute approximate surface area is 228 Å². The second-order valence-electron chi connectivity index (χ2n) is 9.47. The second kappa shape index (κ2) is 12.4. The lowest BCUT2D eigenvalue weighted by Crippen LogP contribution is -2.08. The minimum absolute atomic E-state index is 0.409. The van der Waals surface area contributed by atoms with E-state index >= 15 is 0 Å². The fraction of sp³-hybridized carbons (Fsp3) is 0.258. The van der Waals surface area contributed by atoms with Crippen molar-refractivity contribution in [1.29, 1.82) is 0 Å². The van der Waals surface area contributed by atoms with Gasteiger partial charge < -0.3 is 9.47 Å². The summed E-state index contributed by atoms with van der Waals surface area (Å²) in [7, 11) is 1.71. The maximum atomic E-state index is 6.36. The normalized spacial score (nSPS) is 11.1. The van der Waals surface area contributed by atoms with Crippen molar-refractivity contribution in [3.63, 3.8) is 0 Å². The van der Waals surface area contributed by atoms with Crippen LogP contribution in [-0.4, -0.2) is 37.7 Å². The number of ether oxygens (including phenoxy) is 2. The summed E-state index contributed by atoms with van der Waals surface area (Å²) in [4.78, 5) is 9.59. The largest absolute Gasteiger partial charge is 0.472 e. The van der Waals surface area contributed by atoms with E-state index in [0.29, 0.717) is 31.3 Å². The van der Waals surface area contributed by atoms with Gasteiger partial charge in [0.2, 0.25) is 5.88 Å². The minimum Gasteiger partial charge on any atom is -0.472 e. The van der Waals surface area contributed by atoms with Crippen molar-refractivity contribution in [3.05, 3.63) is 107 Å². The van der Waals surface area contributed by atoms with Gasteiger partial charge in [-0.05, 0) is 51.6 Å². The lowest BCUT2D eigenvalue weighted by Gasteiger charge is -2.15. The molecule has 0 aliphatic carbocycles. The Morgan fingerprint density at radius 2 is 1.62 bits per heavy atom. The molecule has 5 aromatic rings. The first kappa shape index (κ1) is 26.2. The molecule has 2 heterocycles. The third-order valence-electron chi connectivity index (χ3n) is 6.55. The monoisotopic (exact) mass is 520 g/mol. The van der Waals surface area contributed by atoms with Crippen LogP contribution >= 0.6 is 0 Å². The van der Waals surface area contributed by atoms with E-state index in [1.165, 1.54) is 5.56 Å². The van der Waals surface area contributed by atoms with Gasteiger partial charge in [-0.15, -0.1) is 5.10 Å². The third-order valence-corrected chi connectivity index (χ3v) is 6.55. The Morgan fingerprint density at radius 1 is 0.821 bits per heavy atom. The lowest BCUT2D eigenvalue weighted by atomic mass is 9.98. The smallest absolute Gasteiger partial charge is 0.220 e. The molecule has 3 aromatic carbocycles. The summed E-state index contributed by atoms with van der Waals surface area (Å²) in [5, 5.41) is 14.4. The highest BCUT2D eigenvalue weighted by Crippen LogP contribution is 2.30. The minimum atomic E-state index is 0.409. The molecule has 0 bridgehead atoms. The van der Waals surface area contributed by atoms with Crippen molar-refractivity contribution in [2.24, 2.45) is 0 Å². The summed E-state index contributed by atoms with van der Waals surface area (Å²) in [6.07, 6.45) is 2.48. The molecule has 0 aliphatic heterocycles. The summed E-state index contributed by atoms with van der Waals surface area (Å²) >= 11 is 0. The number of methoxy groups -OCH3 is 1. The molecule has 5 rings (SSSR count). The Balaban J connectivity index is 1.37. The summed E-state index contributed by atoms with van der Waals surface area (Å²) in [5.41, 5.74) is 8.41. The molecule has 8 nitrogen and oxygen atoms in total. The highest BCUT2D eigenvalue weighted by atomic mass is 16.5. The molecule has 0 fully saturated rings. The van der Waals surface area contributed by atoms with Gasteiger partial charge in [-0.3, -0.25) is 0 Å². The molecule has 2 aromatic heterocycles. The zero-order chi connectivity index (χ0) is 27.0. The number of aromatic amines is 1. The quantitative estimate of drug-likeness (QED) is 0.231. The molecule has 0 spiro atoms. The van der Waals surface area contributed by atoms with Gasteiger partial charge in [-0.2, -0.15) is 4.98 Å². The number of hydrogen-bond donors (Lipinski definition) is 1. The number of benzene rings is 3. The Morgan fingerprint density at radius 3 is 2.36 bits per heavy atom. The van der Waals surface area contributed by atoms with Gasteiger partial charge in [0.05, 0.1) is 6.61 Å². The summed E-state index contributed by atoms with van der Waals surface area (Å²) in [6.45, 7) is 5.16. The molecule has 0 saturated heterocycles. The molecule has 8 heteroatoms. The Bertz CT molecular complexity index is 1520. The highest BCUT2D eigenvalue weighted by molar-refractivity contribution is 5.80. The van der Waals surface area contributed by atoms with Crippen LogP contribution < -0.4 is 4.74 Å². The fourth-order valence-corrected chi connectivity index (χ4v) is 4.63. The van der Waals surface area contributed by atoms with Crippen LogP contribution in [0.3, 0.4) is 0 Å². The van der Waals surface area contributed by atoms with Gasteiger partial charge in [0.15, 0.2) is 5.82 Å². The number of H-pyrrole nitrogens is 1. The predicted octanol–water partition coefficient (Wildman–Crippen LogP) is 5.90. The average Bonchev–Trinajstić information content (AvgIpc) is 3.50. The van der Waals surface area contributed by atoms with Crippen LogP contribution in [0.2, 0.25) is 0 Å². The van der Waals surface area contributed by atoms with Gasteiger partial charge in [0.25, 0.3) is 0 Å². The van der Waals surface area contributed by atoms with E-state index < -0.39 is 0 Å². The van der Waals surface area contributed by atoms with Gasteiger partial charge >= 0.3 is 0 Å². The molecule has 39 heavy (non-hydrogen) atoms. The number of hydrogen-bond acceptors (Lipinski definition) is 7. The summed E-state index contributed by atoms with van der Waals surface area (Å²) < 4.78 is 11.7. The van der Waals surface area contributed by atoms with Crippen LogP contribution in [0.25, 0.3) is 22.5 Å². The van der Waals surface area contributed by atoms with Crippen LogP contribution in [-0.2, 0) is 30.8 Å². The fourth-order valence-electron chi connectivity index (χ4n) is 4.63. The van der Waals surface area contributed by atoms with Crippen LogP contribution in [0.1, 0.15) is 47.1 Å². The molecule has 0 amide bonds. The topological polar surface area (TPSA) is 98.7 Å². The number of rotatable bonds is 11. The first-order chi connectivity index (χ1) is 19.1. The Kier molecular flexibility index (Phi) is 8.33. The third kappa shape index (κ3) is 6.35. The van der Waals surface area contributed by atoms with Gasteiger partial charge in [-0.25, -0.2) is 10.1 Å². The number of nitrogens with one attached hydrogen (secondary N) is 1. The molecule has 1 N–H and O–H groups in total. The maximum absolute atomic E-state index is 6.36. The van der Waals surface area contributed by atoms with Crippen LogP contribution in [0.5, 0.6) is 5.88 Å². The number of nitrogens with zero attached hydrogens (tertiary/aromatic N) is 5. The van der Waals surface area contributed by atoms with E-state index in [4.69, 9.17) is 19.4 Å². The molecule has 0 atom stereocenters. The van der Waals surface area contributed by atoms with Crippen LogP contribution in [0.4, 0.5) is 0 Å². The van der Waals surface area contributed by atoms with E-state index in [1.807, 2.05) is 25.1 Å². The van der Waals surface area contributed by atoms with Crippen molar-refractivity contribution < 1.29 is 9.47 Å². The van der Waals surface area contributed by atoms with Crippen molar-refractivity contribution >= 4 is 0 Å². The van der Waals surface area contributed by atoms with Crippen LogP contribution in [0.15, 0.2) is 72.8 Å². The van der Waals surface area contributed by atoms with Crippen molar-refractivity contribution in [1.82, 2.24) is 30.6 Å². The SMILES string of the molecule is CCCc1nc(C)c(Cc2cccc(COC)c2)c(OCc2ccc(-c3ccccc3-c3nnn[nH]3)cc2)n1. The Hall–Kier alpha value is -4.43. The van der Waals surface area contributed by atoms with Crippen molar-refractivity contribution in [2.75, 3.05) is 7.11 Å². The lowest BCUT2D eigenvalue weighted by molar-refractivity contribution is 0.185. The number of tetrazole rings is 1. The van der Waals surface area contributed by atoms with Crippen LogP contribution in [0, 0.1) is 6.92 Å². The predicted molar refractivity (Wildman–Crippen MR) is 150 cm³/mol. The van der Waals surface area contributed by atoms with E-state index in [0.717, 1.165) is 57.7 Å². The standard InChI is InChI=1S/C31H32N6O2/c1-4-8-29-32-21(2)28(18-23-9-7-10-24(17-23)19-38-3)31(33-29)39-20-22-13-15-25(16-14-22)26-11-5-6-12-27(26)30-34-36-37-35-30/h5-7,9-17H,4,8,18-20H2,1-3H3,(H,34,35,36,37).